The topological polar surface area (TPSA) is 30.5 Å². The number of ether oxygens (including phenoxy) is 2. The van der Waals surface area contributed by atoms with Gasteiger partial charge in [-0.3, -0.25) is 0 Å². The molecule has 3 unspecified atom stereocenters. The van der Waals surface area contributed by atoms with E-state index in [2.05, 4.69) is 26.1 Å². The summed E-state index contributed by atoms with van der Waals surface area (Å²) in [6, 6.07) is 0.615. The maximum absolute atomic E-state index is 5.62. The minimum Gasteiger partial charge on any atom is -0.352 e. The van der Waals surface area contributed by atoms with Crippen molar-refractivity contribution in [1.82, 2.24) is 5.32 Å². The van der Waals surface area contributed by atoms with Gasteiger partial charge in [-0.2, -0.15) is 0 Å². The second kappa shape index (κ2) is 5.71. The van der Waals surface area contributed by atoms with Crippen LogP contribution >= 0.6 is 0 Å². The molecule has 0 aromatic carbocycles. The Morgan fingerprint density at radius 3 is 2.21 bits per heavy atom. The van der Waals surface area contributed by atoms with Crippen LogP contribution in [0.15, 0.2) is 0 Å². The van der Waals surface area contributed by atoms with E-state index in [0.29, 0.717) is 30.1 Å². The zero-order valence-corrected chi connectivity index (χ0v) is 13.3. The maximum Gasteiger partial charge on any atom is 0.169 e. The lowest BCUT2D eigenvalue weighted by Crippen LogP contribution is -2.47. The largest absolute Gasteiger partial charge is 0.352 e. The van der Waals surface area contributed by atoms with Gasteiger partial charge in [0.1, 0.15) is 0 Å². The number of hydrogen-bond acceptors (Lipinski definition) is 3. The van der Waals surface area contributed by atoms with E-state index in [0.717, 1.165) is 12.5 Å². The fourth-order valence-electron chi connectivity index (χ4n) is 4.29. The van der Waals surface area contributed by atoms with Crippen LogP contribution < -0.4 is 5.32 Å². The van der Waals surface area contributed by atoms with Gasteiger partial charge in [0, 0.05) is 25.8 Å². The number of fused-ring (bicyclic) bond motifs is 2. The van der Waals surface area contributed by atoms with Crippen LogP contribution in [0.2, 0.25) is 0 Å². The molecule has 3 atom stereocenters. The zero-order valence-electron chi connectivity index (χ0n) is 13.3. The lowest BCUT2D eigenvalue weighted by molar-refractivity contribution is -0.135. The van der Waals surface area contributed by atoms with Crippen molar-refractivity contribution in [2.24, 2.45) is 16.7 Å². The normalized spacial score (nSPS) is 36.3. The van der Waals surface area contributed by atoms with E-state index < -0.39 is 0 Å². The minimum atomic E-state index is -0.0964. The maximum atomic E-state index is 5.62. The van der Waals surface area contributed by atoms with Crippen molar-refractivity contribution >= 4 is 0 Å². The first-order chi connectivity index (χ1) is 8.95. The fourth-order valence-corrected chi connectivity index (χ4v) is 4.29. The smallest absolute Gasteiger partial charge is 0.169 e. The van der Waals surface area contributed by atoms with Crippen molar-refractivity contribution in [1.29, 1.82) is 0 Å². The highest BCUT2D eigenvalue weighted by molar-refractivity contribution is 5.12. The predicted molar refractivity (Wildman–Crippen MR) is 78.1 cm³/mol. The Balaban J connectivity index is 1.90. The highest BCUT2D eigenvalue weighted by Crippen LogP contribution is 2.65. The molecule has 1 N–H and O–H groups in total. The average Bonchev–Trinajstić information content (AvgIpc) is 2.69. The molecule has 0 amide bonds. The average molecular weight is 269 g/mol. The molecule has 3 heteroatoms. The first-order valence-corrected chi connectivity index (χ1v) is 7.92. The van der Waals surface area contributed by atoms with E-state index in [1.165, 1.54) is 19.3 Å². The van der Waals surface area contributed by atoms with E-state index in [4.69, 9.17) is 9.47 Å². The van der Waals surface area contributed by atoms with Crippen LogP contribution in [0.25, 0.3) is 0 Å². The van der Waals surface area contributed by atoms with Crippen molar-refractivity contribution in [2.75, 3.05) is 19.8 Å². The molecular formula is C16H31NO2. The fraction of sp³-hybridized carbons (Fsp3) is 1.00. The van der Waals surface area contributed by atoms with E-state index >= 15 is 0 Å². The SMILES string of the molecule is CCOC(CNC1CC2CCC1(C)C2(C)C)OCC. The summed E-state index contributed by atoms with van der Waals surface area (Å²) in [4.78, 5) is 0. The highest BCUT2D eigenvalue weighted by atomic mass is 16.7. The van der Waals surface area contributed by atoms with Crippen molar-refractivity contribution in [3.8, 4) is 0 Å². The molecule has 0 aliphatic heterocycles. The molecule has 3 nitrogen and oxygen atoms in total. The molecule has 0 spiro atoms. The van der Waals surface area contributed by atoms with Gasteiger partial charge in [-0.1, -0.05) is 20.8 Å². The summed E-state index contributed by atoms with van der Waals surface area (Å²) in [6.45, 7) is 13.6. The van der Waals surface area contributed by atoms with Crippen LogP contribution in [0.4, 0.5) is 0 Å². The van der Waals surface area contributed by atoms with E-state index in [1.54, 1.807) is 0 Å². The van der Waals surface area contributed by atoms with E-state index in [9.17, 15) is 0 Å². The Labute approximate surface area is 118 Å². The third kappa shape index (κ3) is 2.57. The Morgan fingerprint density at radius 2 is 1.79 bits per heavy atom. The lowest BCUT2D eigenvalue weighted by atomic mass is 9.69. The van der Waals surface area contributed by atoms with Crippen molar-refractivity contribution < 1.29 is 9.47 Å². The summed E-state index contributed by atoms with van der Waals surface area (Å²) in [5, 5.41) is 3.73. The molecule has 0 heterocycles. The molecule has 2 fully saturated rings. The number of hydrogen-bond donors (Lipinski definition) is 1. The molecule has 2 aliphatic rings. The van der Waals surface area contributed by atoms with Gasteiger partial charge in [-0.25, -0.2) is 0 Å². The van der Waals surface area contributed by atoms with Gasteiger partial charge in [0.05, 0.1) is 0 Å². The molecule has 2 rings (SSSR count). The molecule has 112 valence electrons. The van der Waals surface area contributed by atoms with Crippen LogP contribution in [-0.4, -0.2) is 32.1 Å². The molecule has 0 radical (unpaired) electrons. The van der Waals surface area contributed by atoms with Gasteiger partial charge >= 0.3 is 0 Å². The van der Waals surface area contributed by atoms with Crippen molar-refractivity contribution in [2.45, 2.75) is 66.2 Å². The molecule has 19 heavy (non-hydrogen) atoms. The Kier molecular flexibility index (Phi) is 4.59. The third-order valence-corrected chi connectivity index (χ3v) is 6.03. The van der Waals surface area contributed by atoms with Gasteiger partial charge in [0.15, 0.2) is 6.29 Å². The summed E-state index contributed by atoms with van der Waals surface area (Å²) >= 11 is 0. The second-order valence-electron chi connectivity index (χ2n) is 6.91. The zero-order chi connectivity index (χ0) is 14.1. The van der Waals surface area contributed by atoms with Crippen molar-refractivity contribution in [3.63, 3.8) is 0 Å². The summed E-state index contributed by atoms with van der Waals surface area (Å²) in [5.74, 6) is 0.882. The van der Waals surface area contributed by atoms with Gasteiger partial charge in [-0.05, 0) is 49.9 Å². The van der Waals surface area contributed by atoms with E-state index in [-0.39, 0.29) is 6.29 Å². The number of nitrogens with one attached hydrogen (secondary N) is 1. The molecule has 0 saturated heterocycles. The van der Waals surface area contributed by atoms with Crippen LogP contribution in [0.1, 0.15) is 53.9 Å². The second-order valence-corrected chi connectivity index (χ2v) is 6.91. The van der Waals surface area contributed by atoms with Gasteiger partial charge < -0.3 is 14.8 Å². The minimum absolute atomic E-state index is 0.0964. The van der Waals surface area contributed by atoms with Crippen LogP contribution in [-0.2, 0) is 9.47 Å². The van der Waals surface area contributed by atoms with Crippen LogP contribution in [0.3, 0.4) is 0 Å². The Morgan fingerprint density at radius 1 is 1.16 bits per heavy atom. The van der Waals surface area contributed by atoms with Crippen molar-refractivity contribution in [3.05, 3.63) is 0 Å². The Hall–Kier alpha value is -0.120. The molecule has 0 aromatic heterocycles. The summed E-state index contributed by atoms with van der Waals surface area (Å²) < 4.78 is 11.2. The molecule has 2 aliphatic carbocycles. The Bertz CT molecular complexity index is 299. The number of rotatable bonds is 7. The standard InChI is InChI=1S/C16H31NO2/c1-6-18-14(19-7-2)11-17-13-10-12-8-9-16(13,5)15(12,3)4/h12-14,17H,6-11H2,1-5H3. The summed E-state index contributed by atoms with van der Waals surface area (Å²) in [5.41, 5.74) is 0.901. The third-order valence-electron chi connectivity index (χ3n) is 6.03. The molecule has 2 saturated carbocycles. The van der Waals surface area contributed by atoms with Crippen LogP contribution in [0, 0.1) is 16.7 Å². The summed E-state index contributed by atoms with van der Waals surface area (Å²) in [6.07, 6.45) is 3.98. The highest BCUT2D eigenvalue weighted by Gasteiger charge is 2.61. The quantitative estimate of drug-likeness (QED) is 0.720. The molecular weight excluding hydrogens is 238 g/mol. The molecule has 0 aromatic rings. The van der Waals surface area contributed by atoms with Gasteiger partial charge in [0.25, 0.3) is 0 Å². The predicted octanol–water partition coefficient (Wildman–Crippen LogP) is 3.19. The monoisotopic (exact) mass is 269 g/mol. The van der Waals surface area contributed by atoms with E-state index in [1.807, 2.05) is 13.8 Å². The first-order valence-electron chi connectivity index (χ1n) is 7.92. The first kappa shape index (κ1) is 15.3. The van der Waals surface area contributed by atoms with Crippen LogP contribution in [0.5, 0.6) is 0 Å². The van der Waals surface area contributed by atoms with Gasteiger partial charge in [-0.15, -0.1) is 0 Å². The summed E-state index contributed by atoms with van der Waals surface area (Å²) in [7, 11) is 0. The lowest BCUT2D eigenvalue weighted by Gasteiger charge is -2.40. The molecule has 2 bridgehead atoms. The van der Waals surface area contributed by atoms with Gasteiger partial charge in [0.2, 0.25) is 0 Å².